The van der Waals surface area contributed by atoms with E-state index in [9.17, 15) is 14.4 Å². The van der Waals surface area contributed by atoms with Gasteiger partial charge in [0.15, 0.2) is 0 Å². The molecule has 114 valence electrons. The van der Waals surface area contributed by atoms with E-state index in [1.54, 1.807) is 26.0 Å². The molecule has 0 saturated heterocycles. The summed E-state index contributed by atoms with van der Waals surface area (Å²) in [6.07, 6.45) is -0.121. The fraction of sp³-hybridized carbons (Fsp3) is 0.400. The number of carboxylic acid groups (broad SMARTS) is 1. The maximum Gasteiger partial charge on any atom is 0.326 e. The minimum absolute atomic E-state index is 0.0265. The molecule has 2 amide bonds. The molecule has 0 unspecified atom stereocenters. The van der Waals surface area contributed by atoms with Crippen LogP contribution in [0.4, 0.5) is 0 Å². The van der Waals surface area contributed by atoms with E-state index in [-0.39, 0.29) is 12.8 Å². The van der Waals surface area contributed by atoms with Gasteiger partial charge in [-0.2, -0.15) is 0 Å². The number of amides is 2. The number of nitrogens with two attached hydrogens (primary N) is 1. The molecule has 0 aliphatic carbocycles. The van der Waals surface area contributed by atoms with Crippen LogP contribution in [0, 0.1) is 0 Å². The zero-order valence-electron chi connectivity index (χ0n) is 12.1. The van der Waals surface area contributed by atoms with Gasteiger partial charge in [0.1, 0.15) is 6.04 Å². The third kappa shape index (κ3) is 4.59. The summed E-state index contributed by atoms with van der Waals surface area (Å²) < 4.78 is 0. The number of rotatable bonds is 7. The standard InChI is InChI=1S/C15H20N2O4/c1-15(2,10-6-4-3-5-7-10)14(21)17-11(13(19)20)8-9-12(16)18/h3-7,11H,8-9H2,1-2H3,(H2,16,18)(H,17,21)(H,19,20)/t11-/m0/s1. The molecule has 4 N–H and O–H groups in total. The van der Waals surface area contributed by atoms with Crippen molar-refractivity contribution in [3.8, 4) is 0 Å². The van der Waals surface area contributed by atoms with Crippen LogP contribution in [0.3, 0.4) is 0 Å². The molecule has 1 rings (SSSR count). The minimum atomic E-state index is -1.19. The summed E-state index contributed by atoms with van der Waals surface area (Å²) in [5, 5.41) is 11.6. The number of primary amides is 1. The lowest BCUT2D eigenvalue weighted by atomic mass is 9.83. The van der Waals surface area contributed by atoms with Gasteiger partial charge in [0, 0.05) is 6.42 Å². The van der Waals surface area contributed by atoms with E-state index in [1.165, 1.54) is 0 Å². The highest BCUT2D eigenvalue weighted by molar-refractivity contribution is 5.91. The number of hydrogen-bond donors (Lipinski definition) is 3. The van der Waals surface area contributed by atoms with E-state index in [1.807, 2.05) is 18.2 Å². The Bertz CT molecular complexity index is 526. The Morgan fingerprint density at radius 2 is 1.81 bits per heavy atom. The summed E-state index contributed by atoms with van der Waals surface area (Å²) >= 11 is 0. The summed E-state index contributed by atoms with van der Waals surface area (Å²) in [5.41, 5.74) is 4.91. The quantitative estimate of drug-likeness (QED) is 0.690. The normalized spacial score (nSPS) is 12.5. The highest BCUT2D eigenvalue weighted by Crippen LogP contribution is 2.23. The third-order valence-electron chi connectivity index (χ3n) is 3.35. The first kappa shape index (κ1) is 16.7. The number of carboxylic acids is 1. The van der Waals surface area contributed by atoms with Crippen molar-refractivity contribution in [1.82, 2.24) is 5.32 Å². The molecule has 0 aliphatic rings. The number of nitrogens with one attached hydrogen (secondary N) is 1. The first-order valence-corrected chi connectivity index (χ1v) is 6.62. The molecule has 6 nitrogen and oxygen atoms in total. The molecular formula is C15H20N2O4. The van der Waals surface area contributed by atoms with Gasteiger partial charge in [-0.3, -0.25) is 9.59 Å². The minimum Gasteiger partial charge on any atom is -0.480 e. The van der Waals surface area contributed by atoms with Crippen molar-refractivity contribution in [2.75, 3.05) is 0 Å². The van der Waals surface area contributed by atoms with E-state index < -0.39 is 29.2 Å². The van der Waals surface area contributed by atoms with E-state index in [2.05, 4.69) is 5.32 Å². The molecule has 0 fully saturated rings. The molecule has 1 aromatic rings. The molecule has 1 atom stereocenters. The number of hydrogen-bond acceptors (Lipinski definition) is 3. The van der Waals surface area contributed by atoms with Crippen molar-refractivity contribution in [2.24, 2.45) is 5.73 Å². The lowest BCUT2D eigenvalue weighted by Crippen LogP contribution is -2.48. The summed E-state index contributed by atoms with van der Waals surface area (Å²) in [5.74, 6) is -2.20. The molecule has 1 aromatic carbocycles. The van der Waals surface area contributed by atoms with Crippen LogP contribution in [-0.2, 0) is 19.8 Å². The average molecular weight is 292 g/mol. The summed E-state index contributed by atoms with van der Waals surface area (Å²) in [6.45, 7) is 3.43. The van der Waals surface area contributed by atoms with Crippen LogP contribution in [0.2, 0.25) is 0 Å². The molecular weight excluding hydrogens is 272 g/mol. The molecule has 0 bridgehead atoms. The summed E-state index contributed by atoms with van der Waals surface area (Å²) in [4.78, 5) is 34.2. The predicted octanol–water partition coefficient (Wildman–Crippen LogP) is 0.799. The van der Waals surface area contributed by atoms with Crippen LogP contribution in [0.1, 0.15) is 32.3 Å². The largest absolute Gasteiger partial charge is 0.480 e. The lowest BCUT2D eigenvalue weighted by molar-refractivity contribution is -0.143. The Morgan fingerprint density at radius 1 is 1.24 bits per heavy atom. The van der Waals surface area contributed by atoms with Crippen LogP contribution in [0.5, 0.6) is 0 Å². The van der Waals surface area contributed by atoms with Crippen molar-refractivity contribution >= 4 is 17.8 Å². The van der Waals surface area contributed by atoms with E-state index in [0.717, 1.165) is 5.56 Å². The van der Waals surface area contributed by atoms with Gasteiger partial charge >= 0.3 is 5.97 Å². The smallest absolute Gasteiger partial charge is 0.326 e. The number of carbonyl (C=O) groups is 3. The topological polar surface area (TPSA) is 109 Å². The second kappa shape index (κ2) is 6.88. The fourth-order valence-corrected chi connectivity index (χ4v) is 1.87. The van der Waals surface area contributed by atoms with Gasteiger partial charge < -0.3 is 16.2 Å². The van der Waals surface area contributed by atoms with Gasteiger partial charge in [-0.05, 0) is 25.8 Å². The van der Waals surface area contributed by atoms with Gasteiger partial charge in [-0.1, -0.05) is 30.3 Å². The van der Waals surface area contributed by atoms with Crippen molar-refractivity contribution < 1.29 is 19.5 Å². The molecule has 0 radical (unpaired) electrons. The number of aliphatic carboxylic acids is 1. The molecule has 0 aromatic heterocycles. The zero-order valence-corrected chi connectivity index (χ0v) is 12.1. The van der Waals surface area contributed by atoms with Crippen molar-refractivity contribution in [2.45, 2.75) is 38.1 Å². The third-order valence-corrected chi connectivity index (χ3v) is 3.35. The maximum absolute atomic E-state index is 12.3. The monoisotopic (exact) mass is 292 g/mol. The summed E-state index contributed by atoms with van der Waals surface area (Å²) in [7, 11) is 0. The Labute approximate surface area is 123 Å². The van der Waals surface area contributed by atoms with Gasteiger partial charge in [0.05, 0.1) is 5.41 Å². The van der Waals surface area contributed by atoms with E-state index >= 15 is 0 Å². The van der Waals surface area contributed by atoms with Crippen molar-refractivity contribution in [3.63, 3.8) is 0 Å². The Morgan fingerprint density at radius 3 is 2.29 bits per heavy atom. The van der Waals surface area contributed by atoms with Crippen LogP contribution >= 0.6 is 0 Å². The molecule has 0 saturated carbocycles. The van der Waals surface area contributed by atoms with Crippen LogP contribution in [0.25, 0.3) is 0 Å². The molecule has 21 heavy (non-hydrogen) atoms. The van der Waals surface area contributed by atoms with Crippen LogP contribution in [-0.4, -0.2) is 28.9 Å². The van der Waals surface area contributed by atoms with Gasteiger partial charge in [0.25, 0.3) is 0 Å². The van der Waals surface area contributed by atoms with Crippen molar-refractivity contribution in [3.05, 3.63) is 35.9 Å². The first-order valence-electron chi connectivity index (χ1n) is 6.62. The molecule has 0 spiro atoms. The second-order valence-corrected chi connectivity index (χ2v) is 5.36. The van der Waals surface area contributed by atoms with Crippen LogP contribution in [0.15, 0.2) is 30.3 Å². The highest BCUT2D eigenvalue weighted by Gasteiger charge is 2.32. The van der Waals surface area contributed by atoms with Crippen molar-refractivity contribution in [1.29, 1.82) is 0 Å². The van der Waals surface area contributed by atoms with E-state index in [0.29, 0.717) is 0 Å². The Hall–Kier alpha value is -2.37. The lowest BCUT2D eigenvalue weighted by Gasteiger charge is -2.26. The fourth-order valence-electron chi connectivity index (χ4n) is 1.87. The average Bonchev–Trinajstić information content (AvgIpc) is 2.43. The maximum atomic E-state index is 12.3. The molecule has 0 aliphatic heterocycles. The molecule has 6 heteroatoms. The van der Waals surface area contributed by atoms with Crippen LogP contribution < -0.4 is 11.1 Å². The SMILES string of the molecule is CC(C)(C(=O)N[C@@H](CCC(N)=O)C(=O)O)c1ccccc1. The highest BCUT2D eigenvalue weighted by atomic mass is 16.4. The Balaban J connectivity index is 2.81. The van der Waals surface area contributed by atoms with Gasteiger partial charge in [-0.25, -0.2) is 4.79 Å². The number of carbonyl (C=O) groups excluding carboxylic acids is 2. The zero-order chi connectivity index (χ0) is 16.0. The number of benzene rings is 1. The summed E-state index contributed by atoms with van der Waals surface area (Å²) in [6, 6.07) is 7.94. The molecule has 0 heterocycles. The first-order chi connectivity index (χ1) is 9.75. The predicted molar refractivity (Wildman–Crippen MR) is 77.5 cm³/mol. The van der Waals surface area contributed by atoms with Gasteiger partial charge in [-0.15, -0.1) is 0 Å². The second-order valence-electron chi connectivity index (χ2n) is 5.36. The van der Waals surface area contributed by atoms with Gasteiger partial charge in [0.2, 0.25) is 11.8 Å². The Kier molecular flexibility index (Phi) is 5.46. The van der Waals surface area contributed by atoms with E-state index in [4.69, 9.17) is 10.8 Å².